The van der Waals surface area contributed by atoms with E-state index < -0.39 is 5.91 Å². The van der Waals surface area contributed by atoms with Crippen molar-refractivity contribution in [1.82, 2.24) is 19.7 Å². The Morgan fingerprint density at radius 1 is 1.22 bits per heavy atom. The third-order valence-corrected chi connectivity index (χ3v) is 4.50. The molecule has 1 saturated heterocycles. The molecule has 0 unspecified atom stereocenters. The molecule has 9 nitrogen and oxygen atoms in total. The lowest BCUT2D eigenvalue weighted by atomic mass is 10.2. The van der Waals surface area contributed by atoms with Gasteiger partial charge in [0.2, 0.25) is 0 Å². The van der Waals surface area contributed by atoms with E-state index in [4.69, 9.17) is 5.73 Å². The molecule has 9 heteroatoms. The summed E-state index contributed by atoms with van der Waals surface area (Å²) in [7, 11) is 0. The monoisotopic (exact) mass is 371 g/mol. The van der Waals surface area contributed by atoms with Crippen LogP contribution in [0.2, 0.25) is 0 Å². The Morgan fingerprint density at radius 2 is 1.93 bits per heavy atom. The van der Waals surface area contributed by atoms with Crippen molar-refractivity contribution < 1.29 is 9.59 Å². The summed E-state index contributed by atoms with van der Waals surface area (Å²) >= 11 is 0. The van der Waals surface area contributed by atoms with Crippen LogP contribution >= 0.6 is 0 Å². The molecule has 2 aromatic rings. The fourth-order valence-electron chi connectivity index (χ4n) is 3.15. The van der Waals surface area contributed by atoms with Crippen LogP contribution in [0.25, 0.3) is 0 Å². The fourth-order valence-corrected chi connectivity index (χ4v) is 3.15. The van der Waals surface area contributed by atoms with Gasteiger partial charge < -0.3 is 15.5 Å². The van der Waals surface area contributed by atoms with Gasteiger partial charge in [-0.2, -0.15) is 5.10 Å². The van der Waals surface area contributed by atoms with Gasteiger partial charge in [-0.3, -0.25) is 10.1 Å². The molecule has 0 radical (unpaired) electrons. The van der Waals surface area contributed by atoms with Crippen LogP contribution in [-0.4, -0.2) is 57.8 Å². The predicted octanol–water partition coefficient (Wildman–Crippen LogP) is 1.62. The molecule has 1 aliphatic rings. The molecule has 3 amide bonds. The van der Waals surface area contributed by atoms with Gasteiger partial charge in [-0.05, 0) is 32.9 Å². The number of carbonyl (C=O) groups is 2. The van der Waals surface area contributed by atoms with Crippen LogP contribution in [-0.2, 0) is 0 Å². The molecular formula is C18H25N7O2. The van der Waals surface area contributed by atoms with Crippen molar-refractivity contribution >= 4 is 23.6 Å². The van der Waals surface area contributed by atoms with Crippen molar-refractivity contribution in [3.63, 3.8) is 0 Å². The summed E-state index contributed by atoms with van der Waals surface area (Å²) in [6.45, 7) is 8.13. The molecule has 0 aliphatic carbocycles. The normalized spacial score (nSPS) is 14.5. The van der Waals surface area contributed by atoms with Gasteiger partial charge in [0.05, 0.1) is 11.3 Å². The quantitative estimate of drug-likeness (QED) is 0.849. The molecule has 0 saturated carbocycles. The van der Waals surface area contributed by atoms with Gasteiger partial charge in [0.15, 0.2) is 0 Å². The van der Waals surface area contributed by atoms with Crippen LogP contribution < -0.4 is 16.0 Å². The number of hydrogen-bond donors (Lipinski definition) is 2. The first-order valence-electron chi connectivity index (χ1n) is 8.98. The Bertz CT molecular complexity index is 838. The number of anilines is 2. The largest absolute Gasteiger partial charge is 0.365 e. The molecule has 2 aromatic heterocycles. The first-order chi connectivity index (χ1) is 12.9. The molecule has 144 valence electrons. The Hall–Kier alpha value is -3.10. The van der Waals surface area contributed by atoms with Crippen LogP contribution in [0, 0.1) is 6.92 Å². The highest BCUT2D eigenvalue weighted by Crippen LogP contribution is 2.20. The zero-order chi connectivity index (χ0) is 19.6. The standard InChI is InChI=1S/C18H25N7O2/c1-12(2)25-15(11-13(3)22-25)21-18(27)24-9-7-23(8-10-24)17-14(16(19)26)5-4-6-20-17/h4-6,11-12H,7-10H2,1-3H3,(H2,19,26)(H,21,27). The van der Waals surface area contributed by atoms with Crippen molar-refractivity contribution in [2.24, 2.45) is 5.73 Å². The van der Waals surface area contributed by atoms with Crippen LogP contribution in [0.5, 0.6) is 0 Å². The number of rotatable bonds is 4. The predicted molar refractivity (Wildman–Crippen MR) is 103 cm³/mol. The highest BCUT2D eigenvalue weighted by Gasteiger charge is 2.25. The number of aryl methyl sites for hydroxylation is 1. The minimum absolute atomic E-state index is 0.155. The summed E-state index contributed by atoms with van der Waals surface area (Å²) in [6, 6.07) is 5.21. The van der Waals surface area contributed by atoms with Gasteiger partial charge in [0.1, 0.15) is 11.6 Å². The Balaban J connectivity index is 1.64. The van der Waals surface area contributed by atoms with Crippen molar-refractivity contribution in [1.29, 1.82) is 0 Å². The number of amides is 3. The number of urea groups is 1. The molecule has 3 heterocycles. The maximum Gasteiger partial charge on any atom is 0.323 e. The van der Waals surface area contributed by atoms with E-state index in [1.54, 1.807) is 27.9 Å². The molecule has 3 N–H and O–H groups in total. The number of piperazine rings is 1. The van der Waals surface area contributed by atoms with Gasteiger partial charge in [0, 0.05) is 44.5 Å². The van der Waals surface area contributed by atoms with Gasteiger partial charge in [-0.25, -0.2) is 14.5 Å². The number of carbonyl (C=O) groups excluding carboxylic acids is 2. The van der Waals surface area contributed by atoms with E-state index in [-0.39, 0.29) is 12.1 Å². The average Bonchev–Trinajstić information content (AvgIpc) is 3.02. The first kappa shape index (κ1) is 18.7. The first-order valence-corrected chi connectivity index (χ1v) is 8.98. The Labute approximate surface area is 158 Å². The maximum absolute atomic E-state index is 12.6. The second-order valence-electron chi connectivity index (χ2n) is 6.85. The highest BCUT2D eigenvalue weighted by molar-refractivity contribution is 5.97. The lowest BCUT2D eigenvalue weighted by Crippen LogP contribution is -2.50. The summed E-state index contributed by atoms with van der Waals surface area (Å²) in [6.07, 6.45) is 1.64. The second-order valence-corrected chi connectivity index (χ2v) is 6.85. The minimum Gasteiger partial charge on any atom is -0.365 e. The second kappa shape index (κ2) is 7.65. The maximum atomic E-state index is 12.6. The third kappa shape index (κ3) is 4.02. The summed E-state index contributed by atoms with van der Waals surface area (Å²) in [5.74, 6) is 0.754. The van der Waals surface area contributed by atoms with E-state index in [1.807, 2.05) is 31.7 Å². The average molecular weight is 371 g/mol. The van der Waals surface area contributed by atoms with E-state index in [0.29, 0.717) is 43.4 Å². The summed E-state index contributed by atoms with van der Waals surface area (Å²) in [5.41, 5.74) is 6.69. The highest BCUT2D eigenvalue weighted by atomic mass is 16.2. The summed E-state index contributed by atoms with van der Waals surface area (Å²) in [5, 5.41) is 7.36. The van der Waals surface area contributed by atoms with E-state index in [0.717, 1.165) is 5.69 Å². The summed E-state index contributed by atoms with van der Waals surface area (Å²) < 4.78 is 1.80. The molecule has 0 bridgehead atoms. The van der Waals surface area contributed by atoms with Crippen LogP contribution in [0.4, 0.5) is 16.4 Å². The smallest absolute Gasteiger partial charge is 0.323 e. The van der Waals surface area contributed by atoms with Crippen LogP contribution in [0.1, 0.15) is 35.9 Å². The molecule has 1 fully saturated rings. The number of aromatic nitrogens is 3. The lowest BCUT2D eigenvalue weighted by Gasteiger charge is -2.35. The molecule has 0 atom stereocenters. The Morgan fingerprint density at radius 3 is 2.56 bits per heavy atom. The van der Waals surface area contributed by atoms with Crippen LogP contribution in [0.15, 0.2) is 24.4 Å². The molecule has 1 aliphatic heterocycles. The third-order valence-electron chi connectivity index (χ3n) is 4.50. The number of nitrogens with one attached hydrogen (secondary N) is 1. The van der Waals surface area contributed by atoms with E-state index in [9.17, 15) is 9.59 Å². The zero-order valence-electron chi connectivity index (χ0n) is 15.8. The minimum atomic E-state index is -0.504. The fraction of sp³-hybridized carbons (Fsp3) is 0.444. The van der Waals surface area contributed by atoms with Crippen molar-refractivity contribution in [2.75, 3.05) is 36.4 Å². The van der Waals surface area contributed by atoms with Crippen LogP contribution in [0.3, 0.4) is 0 Å². The van der Waals surface area contributed by atoms with Crippen molar-refractivity contribution in [3.8, 4) is 0 Å². The Kier molecular flexibility index (Phi) is 5.29. The zero-order valence-corrected chi connectivity index (χ0v) is 15.8. The van der Waals surface area contributed by atoms with Gasteiger partial charge >= 0.3 is 6.03 Å². The lowest BCUT2D eigenvalue weighted by molar-refractivity contribution is 0.1000. The van der Waals surface area contributed by atoms with E-state index >= 15 is 0 Å². The molecule has 0 spiro atoms. The van der Waals surface area contributed by atoms with Gasteiger partial charge in [-0.15, -0.1) is 0 Å². The number of pyridine rings is 1. The SMILES string of the molecule is Cc1cc(NC(=O)N2CCN(c3ncccc3C(N)=O)CC2)n(C(C)C)n1. The topological polar surface area (TPSA) is 109 Å². The van der Waals surface area contributed by atoms with E-state index in [1.165, 1.54) is 0 Å². The van der Waals surface area contributed by atoms with Gasteiger partial charge in [-0.1, -0.05) is 0 Å². The summed E-state index contributed by atoms with van der Waals surface area (Å²) in [4.78, 5) is 32.3. The number of nitrogens with two attached hydrogens (primary N) is 1. The number of primary amides is 1. The molecule has 27 heavy (non-hydrogen) atoms. The van der Waals surface area contributed by atoms with Crippen molar-refractivity contribution in [2.45, 2.75) is 26.8 Å². The molecule has 3 rings (SSSR count). The number of nitrogens with zero attached hydrogens (tertiary/aromatic N) is 5. The van der Waals surface area contributed by atoms with Gasteiger partial charge in [0.25, 0.3) is 5.91 Å². The number of hydrogen-bond acceptors (Lipinski definition) is 5. The molecular weight excluding hydrogens is 346 g/mol. The van der Waals surface area contributed by atoms with Crippen molar-refractivity contribution in [3.05, 3.63) is 35.7 Å². The van der Waals surface area contributed by atoms with E-state index in [2.05, 4.69) is 15.4 Å². The molecule has 0 aromatic carbocycles.